The first-order valence-corrected chi connectivity index (χ1v) is 11.6. The minimum atomic E-state index is -0.807. The molecule has 0 saturated carbocycles. The molecule has 0 saturated heterocycles. The number of nitrogens with two attached hydrogens (primary N) is 2. The van der Waals surface area contributed by atoms with Crippen LogP contribution in [0, 0.1) is 11.8 Å². The number of unbranched alkanes of at least 4 members (excludes halogenated alkanes) is 2. The van der Waals surface area contributed by atoms with Crippen molar-refractivity contribution in [2.75, 3.05) is 18.4 Å². The van der Waals surface area contributed by atoms with Gasteiger partial charge in [0.15, 0.2) is 0 Å². The Morgan fingerprint density at radius 3 is 2.39 bits per heavy atom. The first-order chi connectivity index (χ1) is 15.8. The third-order valence-electron chi connectivity index (χ3n) is 5.33. The van der Waals surface area contributed by atoms with E-state index in [1.54, 1.807) is 24.3 Å². The summed E-state index contributed by atoms with van der Waals surface area (Å²) in [7, 11) is 0. The summed E-state index contributed by atoms with van der Waals surface area (Å²) in [5, 5.41) is 14.7. The van der Waals surface area contributed by atoms with Gasteiger partial charge in [-0.2, -0.15) is 0 Å². The number of anilines is 1. The zero-order valence-electron chi connectivity index (χ0n) is 19.8. The zero-order valence-corrected chi connectivity index (χ0v) is 19.8. The molecule has 0 unspecified atom stereocenters. The second kappa shape index (κ2) is 16.3. The van der Waals surface area contributed by atoms with Crippen molar-refractivity contribution >= 4 is 17.5 Å². The van der Waals surface area contributed by atoms with Crippen LogP contribution < -0.4 is 27.6 Å². The van der Waals surface area contributed by atoms with Crippen molar-refractivity contribution in [3.63, 3.8) is 0 Å². The zero-order chi connectivity index (χ0) is 24.6. The van der Waals surface area contributed by atoms with Gasteiger partial charge < -0.3 is 21.5 Å². The Labute approximate surface area is 196 Å². The minimum Gasteiger partial charge on any atom is -0.392 e. The molecule has 8 nitrogen and oxygen atoms in total. The lowest BCUT2D eigenvalue weighted by Gasteiger charge is -2.22. The van der Waals surface area contributed by atoms with Gasteiger partial charge in [-0.1, -0.05) is 32.4 Å². The van der Waals surface area contributed by atoms with Crippen LogP contribution in [0.25, 0.3) is 0 Å². The van der Waals surface area contributed by atoms with Crippen LogP contribution in [0.5, 0.6) is 0 Å². The summed E-state index contributed by atoms with van der Waals surface area (Å²) in [5.74, 6) is 3.31. The third-order valence-corrected chi connectivity index (χ3v) is 5.33. The fourth-order valence-electron chi connectivity index (χ4n) is 3.34. The second-order valence-electron chi connectivity index (χ2n) is 8.49. The molecule has 0 fully saturated rings. The molecule has 33 heavy (non-hydrogen) atoms. The summed E-state index contributed by atoms with van der Waals surface area (Å²) in [6.45, 7) is 4.62. The standard InChI is InChI=1S/C24H40FN5O3/c1-17(2)23(30-22(32)8-4-3-5-13-26)21(25)15-19(7-6-14-28-27)24(33)29-20-11-9-18(16-31)10-12-20/h9-12,15,17,19,23,28,31H,3-8,13-14,16,26-27H2,1-2H3,(H,29,33)(H,30,32)/b21-15-/t19-,23+/m1/s1. The molecule has 1 rings (SSSR count). The lowest BCUT2D eigenvalue weighted by atomic mass is 9.96. The largest absolute Gasteiger partial charge is 0.392 e. The minimum absolute atomic E-state index is 0.0911. The Kier molecular flexibility index (Phi) is 14.2. The Bertz CT molecular complexity index is 740. The van der Waals surface area contributed by atoms with Gasteiger partial charge in [0.05, 0.1) is 18.6 Å². The number of hydrazine groups is 1. The van der Waals surface area contributed by atoms with E-state index in [2.05, 4.69) is 16.1 Å². The summed E-state index contributed by atoms with van der Waals surface area (Å²) in [6, 6.07) is 5.97. The van der Waals surface area contributed by atoms with Crippen LogP contribution in [0.3, 0.4) is 0 Å². The fourth-order valence-corrected chi connectivity index (χ4v) is 3.34. The van der Waals surface area contributed by atoms with Crippen molar-refractivity contribution in [2.24, 2.45) is 23.4 Å². The highest BCUT2D eigenvalue weighted by atomic mass is 19.1. The molecule has 2 atom stereocenters. The number of aliphatic hydroxyl groups is 1. The first-order valence-electron chi connectivity index (χ1n) is 11.6. The number of halogens is 1. The predicted octanol–water partition coefficient (Wildman–Crippen LogP) is 2.49. The molecular weight excluding hydrogens is 425 g/mol. The number of carbonyl (C=O) groups is 2. The fraction of sp³-hybridized carbons (Fsp3) is 0.583. The van der Waals surface area contributed by atoms with Gasteiger partial charge in [-0.05, 0) is 61.9 Å². The van der Waals surface area contributed by atoms with E-state index in [1.165, 1.54) is 6.08 Å². The molecule has 0 spiro atoms. The summed E-state index contributed by atoms with van der Waals surface area (Å²) < 4.78 is 15.3. The van der Waals surface area contributed by atoms with Gasteiger partial charge >= 0.3 is 0 Å². The van der Waals surface area contributed by atoms with Crippen molar-refractivity contribution in [1.82, 2.24) is 10.7 Å². The molecule has 0 bridgehead atoms. The Balaban J connectivity index is 2.91. The monoisotopic (exact) mass is 465 g/mol. The number of aliphatic hydroxyl groups excluding tert-OH is 1. The van der Waals surface area contributed by atoms with Crippen LogP contribution in [0.1, 0.15) is 57.9 Å². The molecule has 0 aliphatic heterocycles. The first kappa shape index (κ1) is 28.7. The number of carbonyl (C=O) groups excluding carboxylic acids is 2. The van der Waals surface area contributed by atoms with Gasteiger partial charge in [-0.3, -0.25) is 20.9 Å². The molecule has 1 aromatic carbocycles. The van der Waals surface area contributed by atoms with Gasteiger partial charge in [-0.15, -0.1) is 0 Å². The van der Waals surface area contributed by atoms with Gasteiger partial charge in [-0.25, -0.2) is 4.39 Å². The number of amides is 2. The highest BCUT2D eigenvalue weighted by Crippen LogP contribution is 2.21. The molecule has 2 amide bonds. The van der Waals surface area contributed by atoms with Crippen molar-refractivity contribution < 1.29 is 19.1 Å². The van der Waals surface area contributed by atoms with Gasteiger partial charge in [0.25, 0.3) is 0 Å². The Morgan fingerprint density at radius 1 is 1.12 bits per heavy atom. The maximum Gasteiger partial charge on any atom is 0.231 e. The second-order valence-corrected chi connectivity index (χ2v) is 8.49. The molecular formula is C24H40FN5O3. The van der Waals surface area contributed by atoms with Crippen LogP contribution in [0.15, 0.2) is 36.2 Å². The highest BCUT2D eigenvalue weighted by molar-refractivity contribution is 5.93. The van der Waals surface area contributed by atoms with E-state index >= 15 is 4.39 Å². The van der Waals surface area contributed by atoms with Crippen LogP contribution >= 0.6 is 0 Å². The van der Waals surface area contributed by atoms with E-state index in [0.29, 0.717) is 44.5 Å². The van der Waals surface area contributed by atoms with Crippen LogP contribution in [0.4, 0.5) is 10.1 Å². The van der Waals surface area contributed by atoms with Crippen molar-refractivity contribution in [1.29, 1.82) is 0 Å². The van der Waals surface area contributed by atoms with Gasteiger partial charge in [0.2, 0.25) is 11.8 Å². The predicted molar refractivity (Wildman–Crippen MR) is 129 cm³/mol. The van der Waals surface area contributed by atoms with E-state index < -0.39 is 17.8 Å². The maximum absolute atomic E-state index is 15.3. The van der Waals surface area contributed by atoms with E-state index in [1.807, 2.05) is 13.8 Å². The van der Waals surface area contributed by atoms with E-state index in [-0.39, 0.29) is 24.3 Å². The summed E-state index contributed by atoms with van der Waals surface area (Å²) in [6.07, 6.45) is 4.97. The van der Waals surface area contributed by atoms with Crippen LogP contribution in [-0.2, 0) is 16.2 Å². The lowest BCUT2D eigenvalue weighted by molar-refractivity contribution is -0.122. The SMILES string of the molecule is CC(C)[C@H](NC(=O)CCCCCN)/C(F)=C/[C@@H](CCCNN)C(=O)Nc1ccc(CO)cc1. The molecule has 0 radical (unpaired) electrons. The lowest BCUT2D eigenvalue weighted by Crippen LogP contribution is -2.39. The van der Waals surface area contributed by atoms with Crippen molar-refractivity contribution in [2.45, 2.75) is 65.0 Å². The van der Waals surface area contributed by atoms with Crippen molar-refractivity contribution in [3.05, 3.63) is 41.7 Å². The molecule has 0 aliphatic carbocycles. The number of rotatable bonds is 16. The smallest absolute Gasteiger partial charge is 0.231 e. The average molecular weight is 466 g/mol. The molecule has 9 heteroatoms. The normalized spacial score (nSPS) is 13.6. The van der Waals surface area contributed by atoms with E-state index in [0.717, 1.165) is 18.4 Å². The quantitative estimate of drug-likeness (QED) is 0.126. The molecule has 8 N–H and O–H groups in total. The maximum atomic E-state index is 15.3. The number of hydrogen-bond acceptors (Lipinski definition) is 6. The molecule has 0 aromatic heterocycles. The number of nitrogens with one attached hydrogen (secondary N) is 3. The summed E-state index contributed by atoms with van der Waals surface area (Å²) in [4.78, 5) is 25.2. The highest BCUT2D eigenvalue weighted by Gasteiger charge is 2.24. The van der Waals surface area contributed by atoms with E-state index in [9.17, 15) is 9.59 Å². The number of hydrogen-bond donors (Lipinski definition) is 6. The van der Waals surface area contributed by atoms with Crippen LogP contribution in [0.2, 0.25) is 0 Å². The average Bonchev–Trinajstić information content (AvgIpc) is 2.79. The summed E-state index contributed by atoms with van der Waals surface area (Å²) >= 11 is 0. The Morgan fingerprint density at radius 2 is 1.82 bits per heavy atom. The van der Waals surface area contributed by atoms with Crippen LogP contribution in [-0.4, -0.2) is 36.1 Å². The molecule has 1 aromatic rings. The Hall–Kier alpha value is -2.33. The molecule has 0 heterocycles. The molecule has 0 aliphatic rings. The van der Waals surface area contributed by atoms with Gasteiger partial charge in [0, 0.05) is 18.7 Å². The van der Waals surface area contributed by atoms with E-state index in [4.69, 9.17) is 16.7 Å². The van der Waals surface area contributed by atoms with Crippen molar-refractivity contribution in [3.8, 4) is 0 Å². The molecule has 186 valence electrons. The van der Waals surface area contributed by atoms with Gasteiger partial charge in [0.1, 0.15) is 5.83 Å². The third kappa shape index (κ3) is 11.4. The topological polar surface area (TPSA) is 142 Å². The number of benzene rings is 1. The summed E-state index contributed by atoms with van der Waals surface area (Å²) in [5.41, 5.74) is 9.29.